The Morgan fingerprint density at radius 2 is 1.72 bits per heavy atom. The summed E-state index contributed by atoms with van der Waals surface area (Å²) in [6, 6.07) is 1.58. The van der Waals surface area contributed by atoms with Crippen LogP contribution in [0.25, 0.3) is 0 Å². The lowest BCUT2D eigenvalue weighted by Gasteiger charge is -2.32. The molecule has 1 heteroatoms. The molecule has 0 radical (unpaired) electrons. The van der Waals surface area contributed by atoms with Crippen LogP contribution in [-0.4, -0.2) is 12.1 Å². The van der Waals surface area contributed by atoms with Crippen molar-refractivity contribution >= 4 is 0 Å². The smallest absolute Gasteiger partial charge is 0.0121 e. The summed E-state index contributed by atoms with van der Waals surface area (Å²) in [5.41, 5.74) is 0.532. The molecule has 106 valence electrons. The molecule has 0 heterocycles. The minimum absolute atomic E-state index is 0.532. The van der Waals surface area contributed by atoms with Crippen LogP contribution in [0.3, 0.4) is 0 Å². The first kappa shape index (κ1) is 14.4. The Morgan fingerprint density at radius 1 is 0.944 bits per heavy atom. The Balaban J connectivity index is 1.83. The molecule has 2 aliphatic rings. The summed E-state index contributed by atoms with van der Waals surface area (Å²) < 4.78 is 0. The first-order chi connectivity index (χ1) is 8.49. The quantitative estimate of drug-likeness (QED) is 0.713. The van der Waals surface area contributed by atoms with Crippen molar-refractivity contribution in [3.63, 3.8) is 0 Å². The zero-order valence-corrected chi connectivity index (χ0v) is 13.0. The third-order valence-corrected chi connectivity index (χ3v) is 5.65. The van der Waals surface area contributed by atoms with Gasteiger partial charge in [-0.25, -0.2) is 0 Å². The maximum absolute atomic E-state index is 4.01. The Kier molecular flexibility index (Phi) is 4.75. The second kappa shape index (κ2) is 5.94. The molecule has 0 aliphatic heterocycles. The molecule has 0 aromatic carbocycles. The van der Waals surface area contributed by atoms with Crippen molar-refractivity contribution in [1.82, 2.24) is 5.32 Å². The lowest BCUT2D eigenvalue weighted by molar-refractivity contribution is 0.250. The number of nitrogens with one attached hydrogen (secondary N) is 1. The average Bonchev–Trinajstić information content (AvgIpc) is 2.52. The van der Waals surface area contributed by atoms with Gasteiger partial charge in [0, 0.05) is 12.1 Å². The highest BCUT2D eigenvalue weighted by Gasteiger charge is 2.35. The average molecular weight is 251 g/mol. The molecule has 0 aromatic heterocycles. The predicted molar refractivity (Wildman–Crippen MR) is 79.8 cm³/mol. The van der Waals surface area contributed by atoms with Crippen LogP contribution in [0.5, 0.6) is 0 Å². The van der Waals surface area contributed by atoms with E-state index >= 15 is 0 Å². The predicted octanol–water partition coefficient (Wildman–Crippen LogP) is 4.76. The molecule has 18 heavy (non-hydrogen) atoms. The van der Waals surface area contributed by atoms with Gasteiger partial charge in [0.25, 0.3) is 0 Å². The summed E-state index contributed by atoms with van der Waals surface area (Å²) in [6.45, 7) is 9.70. The van der Waals surface area contributed by atoms with Crippen LogP contribution in [0.1, 0.15) is 79.1 Å². The fraction of sp³-hybridized carbons (Fsp3) is 1.00. The largest absolute Gasteiger partial charge is 0.311 e. The van der Waals surface area contributed by atoms with E-state index in [9.17, 15) is 0 Å². The van der Waals surface area contributed by atoms with Crippen molar-refractivity contribution in [2.45, 2.75) is 91.1 Å². The van der Waals surface area contributed by atoms with Gasteiger partial charge in [0.2, 0.25) is 0 Å². The fourth-order valence-electron chi connectivity index (χ4n) is 4.08. The monoisotopic (exact) mass is 251 g/mol. The summed E-state index contributed by atoms with van der Waals surface area (Å²) in [5, 5.41) is 4.01. The molecule has 2 rings (SSSR count). The maximum atomic E-state index is 4.01. The summed E-state index contributed by atoms with van der Waals surface area (Å²) in [4.78, 5) is 0. The van der Waals surface area contributed by atoms with Crippen molar-refractivity contribution in [2.75, 3.05) is 0 Å². The van der Waals surface area contributed by atoms with Gasteiger partial charge in [0.05, 0.1) is 0 Å². The molecule has 2 aliphatic carbocycles. The molecule has 1 nitrogen and oxygen atoms in total. The molecule has 0 amide bonds. The Bertz CT molecular complexity index is 256. The molecular formula is C17H33N. The molecule has 2 saturated carbocycles. The van der Waals surface area contributed by atoms with Crippen molar-refractivity contribution in [2.24, 2.45) is 17.3 Å². The van der Waals surface area contributed by atoms with E-state index in [0.717, 1.165) is 23.9 Å². The van der Waals surface area contributed by atoms with E-state index in [1.807, 2.05) is 0 Å². The first-order valence-electron chi connectivity index (χ1n) is 8.25. The van der Waals surface area contributed by atoms with Gasteiger partial charge in [-0.2, -0.15) is 0 Å². The highest BCUT2D eigenvalue weighted by Crippen LogP contribution is 2.38. The van der Waals surface area contributed by atoms with Crippen LogP contribution in [-0.2, 0) is 0 Å². The molecule has 0 bridgehead atoms. The third kappa shape index (κ3) is 3.50. The Labute approximate surface area is 114 Å². The summed E-state index contributed by atoms with van der Waals surface area (Å²) >= 11 is 0. The molecule has 2 fully saturated rings. The van der Waals surface area contributed by atoms with Crippen LogP contribution in [0.15, 0.2) is 0 Å². The standard InChI is InChI=1S/C17H33N/c1-13(2)14-7-5-8-15(11-10-14)18-16-9-6-12-17(16,3)4/h13-16,18H,5-12H2,1-4H3. The highest BCUT2D eigenvalue weighted by molar-refractivity contribution is 4.92. The van der Waals surface area contributed by atoms with Crippen molar-refractivity contribution in [3.8, 4) is 0 Å². The van der Waals surface area contributed by atoms with Crippen molar-refractivity contribution in [3.05, 3.63) is 0 Å². The van der Waals surface area contributed by atoms with E-state index in [0.29, 0.717) is 5.41 Å². The highest BCUT2D eigenvalue weighted by atomic mass is 15.0. The van der Waals surface area contributed by atoms with Crippen LogP contribution in [0.4, 0.5) is 0 Å². The van der Waals surface area contributed by atoms with Crippen LogP contribution in [0.2, 0.25) is 0 Å². The van der Waals surface area contributed by atoms with Gasteiger partial charge in [-0.3, -0.25) is 0 Å². The normalized spacial score (nSPS) is 36.8. The third-order valence-electron chi connectivity index (χ3n) is 5.65. The lowest BCUT2D eigenvalue weighted by atomic mass is 9.86. The zero-order chi connectivity index (χ0) is 13.2. The second-order valence-electron chi connectivity index (χ2n) is 7.81. The lowest BCUT2D eigenvalue weighted by Crippen LogP contribution is -2.43. The summed E-state index contributed by atoms with van der Waals surface area (Å²) in [6.07, 6.45) is 11.4. The summed E-state index contributed by atoms with van der Waals surface area (Å²) in [7, 11) is 0. The molecule has 0 saturated heterocycles. The van der Waals surface area contributed by atoms with Gasteiger partial charge in [0.15, 0.2) is 0 Å². The van der Waals surface area contributed by atoms with Crippen LogP contribution in [0, 0.1) is 17.3 Å². The van der Waals surface area contributed by atoms with Gasteiger partial charge >= 0.3 is 0 Å². The molecular weight excluding hydrogens is 218 g/mol. The van der Waals surface area contributed by atoms with Gasteiger partial charge in [0.1, 0.15) is 0 Å². The van der Waals surface area contributed by atoms with Gasteiger partial charge in [-0.05, 0) is 49.4 Å². The van der Waals surface area contributed by atoms with Crippen molar-refractivity contribution in [1.29, 1.82) is 0 Å². The van der Waals surface area contributed by atoms with Crippen LogP contribution >= 0.6 is 0 Å². The van der Waals surface area contributed by atoms with E-state index in [4.69, 9.17) is 0 Å². The summed E-state index contributed by atoms with van der Waals surface area (Å²) in [5.74, 6) is 1.86. The number of rotatable bonds is 3. The Morgan fingerprint density at radius 3 is 2.33 bits per heavy atom. The zero-order valence-electron chi connectivity index (χ0n) is 13.0. The maximum Gasteiger partial charge on any atom is 0.0121 e. The minimum Gasteiger partial charge on any atom is -0.311 e. The minimum atomic E-state index is 0.532. The van der Waals surface area contributed by atoms with Gasteiger partial charge in [-0.15, -0.1) is 0 Å². The Hall–Kier alpha value is -0.0400. The molecule has 1 N–H and O–H groups in total. The van der Waals surface area contributed by atoms with E-state index < -0.39 is 0 Å². The van der Waals surface area contributed by atoms with E-state index in [2.05, 4.69) is 33.0 Å². The van der Waals surface area contributed by atoms with Gasteiger partial charge in [-0.1, -0.05) is 47.0 Å². The fourth-order valence-corrected chi connectivity index (χ4v) is 4.08. The van der Waals surface area contributed by atoms with E-state index in [-0.39, 0.29) is 0 Å². The second-order valence-corrected chi connectivity index (χ2v) is 7.81. The van der Waals surface area contributed by atoms with Crippen LogP contribution < -0.4 is 5.32 Å². The van der Waals surface area contributed by atoms with E-state index in [1.165, 1.54) is 51.4 Å². The molecule has 3 atom stereocenters. The molecule has 3 unspecified atom stereocenters. The SMILES string of the molecule is CC(C)C1CCCC(NC2CCCC2(C)C)CC1. The van der Waals surface area contributed by atoms with Crippen molar-refractivity contribution < 1.29 is 0 Å². The molecule has 0 spiro atoms. The topological polar surface area (TPSA) is 12.0 Å². The number of hydrogen-bond donors (Lipinski definition) is 1. The molecule has 0 aromatic rings. The first-order valence-corrected chi connectivity index (χ1v) is 8.25. The number of hydrogen-bond acceptors (Lipinski definition) is 1. The van der Waals surface area contributed by atoms with Gasteiger partial charge < -0.3 is 5.32 Å². The van der Waals surface area contributed by atoms with E-state index in [1.54, 1.807) is 0 Å².